The number of aryl methyl sites for hydroxylation is 5. The number of nitrogen functional groups attached to an aromatic ring is 2. The number of unbranched alkanes of at least 4 members (excludes halogenated alkanes) is 1. The van der Waals surface area contributed by atoms with Crippen molar-refractivity contribution < 1.29 is 28.8 Å². The van der Waals surface area contributed by atoms with Gasteiger partial charge in [0.15, 0.2) is 45.9 Å². The van der Waals surface area contributed by atoms with Crippen LogP contribution in [0.4, 0.5) is 80.8 Å². The lowest BCUT2D eigenvalue weighted by Gasteiger charge is -2.21. The summed E-state index contributed by atoms with van der Waals surface area (Å²) >= 11 is 38.4. The highest BCUT2D eigenvalue weighted by Gasteiger charge is 2.20. The zero-order chi connectivity index (χ0) is 79.3. The van der Waals surface area contributed by atoms with E-state index in [4.69, 9.17) is 110 Å². The molecule has 0 bridgehead atoms. The van der Waals surface area contributed by atoms with Crippen molar-refractivity contribution in [1.29, 1.82) is 0 Å². The molecule has 34 heteroatoms. The summed E-state index contributed by atoms with van der Waals surface area (Å²) in [5, 5.41) is 22.3. The lowest BCUT2D eigenvalue weighted by Crippen LogP contribution is -2.14. The molecule has 5 aromatic heterocycles. The van der Waals surface area contributed by atoms with Crippen LogP contribution in [0.5, 0.6) is 28.7 Å². The van der Waals surface area contributed by atoms with Crippen LogP contribution in [0.25, 0.3) is 0 Å². The molecule has 0 aliphatic heterocycles. The van der Waals surface area contributed by atoms with Gasteiger partial charge in [0.05, 0.1) is 35.5 Å². The van der Waals surface area contributed by atoms with Gasteiger partial charge < -0.3 is 81.1 Å². The number of ether oxygens (including phenoxy) is 5. The van der Waals surface area contributed by atoms with E-state index in [9.17, 15) is 0 Å². The SMILES string of the molecule is CCCCO.CI.CNc1ccc(OC)cc1.CNc1nc(C)nc(N(C)c2ccc(OC)cc2)c1Cl.CNc1nc(C)nc(N(C)c2ccc(OC)cc2)c1Cl.CNc1nc(C)nc(N(C)c2ccc(OC)cc2)c1Cl.COc1ccc(N(C)c2nc(C)nc(N)c2Cl)cc1.Cc1nc(N)c(Cl)c(Cl)n1.Cl. The summed E-state index contributed by atoms with van der Waals surface area (Å²) in [5.41, 5.74) is 16.0. The molecule has 0 radical (unpaired) electrons. The summed E-state index contributed by atoms with van der Waals surface area (Å²) < 4.78 is 25.6. The second kappa shape index (κ2) is 49.2. The van der Waals surface area contributed by atoms with Crippen LogP contribution in [-0.2, 0) is 0 Å². The number of halogens is 8. The van der Waals surface area contributed by atoms with Gasteiger partial charge in [-0.25, -0.2) is 49.8 Å². The predicted octanol–water partition coefficient (Wildman–Crippen LogP) is 18.2. The minimum atomic E-state index is 0. The molecule has 0 unspecified atom stereocenters. The van der Waals surface area contributed by atoms with Gasteiger partial charge in [-0.15, -0.1) is 12.4 Å². The van der Waals surface area contributed by atoms with E-state index < -0.39 is 0 Å². The number of nitrogens with one attached hydrogen (secondary N) is 4. The second-order valence-electron chi connectivity index (χ2n) is 21.7. The molecular weight excluding hydrogens is 1630 g/mol. The van der Waals surface area contributed by atoms with Crippen LogP contribution in [0.3, 0.4) is 0 Å². The third kappa shape index (κ3) is 29.4. The standard InChI is InChI=1S/3C14H17ClN4O.C13H15ClN4O.C8H11NO.C5H5Cl2N3.C4H10O.CH3I.ClH/c3*1-9-17-13(16-2)12(15)14(18-9)19(3)10-5-7-11(20-4)8-6-10;1-8-16-12(15)11(14)13(17-8)18(2)9-4-6-10(19-3)7-5-9;1-9-7-3-5-8(10-2)6-4-7;1-2-9-4(7)3(6)5(8)10-2;1-2-3-4-5;1-2;/h3*5-8H,1-4H3,(H,16,17,18);4-7H,1-3H3,(H2,15,16,17);3-6,9H,1-2H3;1H3,(H2,8,9,10);5H,2-4H2,1H3;1H3;1H. The minimum absolute atomic E-state index is 0. The Bertz CT molecular complexity index is 3970. The summed E-state index contributed by atoms with van der Waals surface area (Å²) in [6.45, 7) is 11.4. The molecule has 0 saturated carbocycles. The van der Waals surface area contributed by atoms with E-state index in [1.165, 1.54) is 0 Å². The first-order chi connectivity index (χ1) is 50.6. The molecular formula is C73H96Cl7IN20O6. The maximum atomic E-state index is 8.07. The quantitative estimate of drug-likeness (QED) is 0.0225. The molecule has 10 rings (SSSR count). The smallest absolute Gasteiger partial charge is 0.157 e. The van der Waals surface area contributed by atoms with Gasteiger partial charge in [-0.1, -0.05) is 106 Å². The van der Waals surface area contributed by atoms with Gasteiger partial charge >= 0.3 is 0 Å². The van der Waals surface area contributed by atoms with Gasteiger partial charge in [0, 0.05) is 91.4 Å². The Labute approximate surface area is 678 Å². The van der Waals surface area contributed by atoms with Crippen molar-refractivity contribution >= 4 is 185 Å². The number of hydrogen-bond acceptors (Lipinski definition) is 26. The van der Waals surface area contributed by atoms with E-state index in [1.807, 2.05) is 202 Å². The number of methoxy groups -OCH3 is 5. The van der Waals surface area contributed by atoms with Crippen LogP contribution < -0.4 is 76.0 Å². The average molecular weight is 1720 g/mol. The molecule has 0 atom stereocenters. The molecule has 0 spiro atoms. The highest BCUT2D eigenvalue weighted by atomic mass is 127. The molecule has 5 heterocycles. The molecule has 10 aromatic rings. The topological polar surface area (TPSA) is 308 Å². The van der Waals surface area contributed by atoms with Gasteiger partial charge in [-0.3, -0.25) is 0 Å². The zero-order valence-corrected chi connectivity index (χ0v) is 71.1. The Morgan fingerprint density at radius 3 is 0.813 bits per heavy atom. The van der Waals surface area contributed by atoms with Crippen LogP contribution in [0, 0.1) is 34.6 Å². The Kier molecular flexibility index (Phi) is 43.4. The first-order valence-electron chi connectivity index (χ1n) is 32.3. The van der Waals surface area contributed by atoms with Crippen molar-refractivity contribution in [3.63, 3.8) is 0 Å². The Hall–Kier alpha value is -8.78. The van der Waals surface area contributed by atoms with Crippen molar-refractivity contribution in [3.05, 3.63) is 181 Å². The Morgan fingerprint density at radius 2 is 0.598 bits per heavy atom. The number of rotatable bonds is 19. The summed E-state index contributed by atoms with van der Waals surface area (Å²) in [4.78, 5) is 51.5. The summed E-state index contributed by atoms with van der Waals surface area (Å²) in [6.07, 6.45) is 2.04. The van der Waals surface area contributed by atoms with E-state index in [1.54, 1.807) is 70.5 Å². The normalized spacial score (nSPS) is 9.79. The maximum absolute atomic E-state index is 8.07. The fraction of sp³-hybridized carbons (Fsp3) is 0.315. The first kappa shape index (κ1) is 94.3. The molecule has 5 aromatic carbocycles. The lowest BCUT2D eigenvalue weighted by atomic mass is 10.3. The van der Waals surface area contributed by atoms with E-state index >= 15 is 0 Å². The van der Waals surface area contributed by atoms with E-state index in [0.29, 0.717) is 96.5 Å². The Morgan fingerprint density at radius 1 is 0.364 bits per heavy atom. The van der Waals surface area contributed by atoms with Crippen LogP contribution in [0.1, 0.15) is 48.9 Å². The van der Waals surface area contributed by atoms with Crippen LogP contribution in [0.15, 0.2) is 121 Å². The number of alkyl halides is 1. The minimum Gasteiger partial charge on any atom is -0.497 e. The Balaban J connectivity index is 0.000000434. The van der Waals surface area contributed by atoms with Crippen LogP contribution in [0.2, 0.25) is 30.3 Å². The molecule has 580 valence electrons. The first-order valence-corrected chi connectivity index (χ1v) is 36.8. The van der Waals surface area contributed by atoms with Gasteiger partial charge in [0.2, 0.25) is 0 Å². The monoisotopic (exact) mass is 1720 g/mol. The zero-order valence-electron chi connectivity index (χ0n) is 63.6. The van der Waals surface area contributed by atoms with Gasteiger partial charge in [-0.2, -0.15) is 0 Å². The average Bonchev–Trinajstić information content (AvgIpc) is 0.822. The number of aromatic nitrogens is 10. The number of hydrogen-bond donors (Lipinski definition) is 7. The maximum Gasteiger partial charge on any atom is 0.157 e. The van der Waals surface area contributed by atoms with E-state index in [2.05, 4.69) is 101 Å². The molecule has 9 N–H and O–H groups in total. The number of nitrogens with two attached hydrogens (primary N) is 2. The van der Waals surface area contributed by atoms with Crippen molar-refractivity contribution in [2.45, 2.75) is 54.4 Å². The molecule has 107 heavy (non-hydrogen) atoms. The van der Waals surface area contributed by atoms with Gasteiger partial charge in [0.1, 0.15) is 94.6 Å². The summed E-state index contributed by atoms with van der Waals surface area (Å²) in [6, 6.07) is 38.4. The highest BCUT2D eigenvalue weighted by molar-refractivity contribution is 14.1. The highest BCUT2D eigenvalue weighted by Crippen LogP contribution is 2.38. The molecule has 0 fully saturated rings. The third-order valence-corrected chi connectivity index (χ3v) is 16.6. The summed E-state index contributed by atoms with van der Waals surface area (Å²) in [7, 11) is 23.1. The predicted molar refractivity (Wildman–Crippen MR) is 457 cm³/mol. The van der Waals surface area contributed by atoms with E-state index in [0.717, 1.165) is 70.0 Å². The van der Waals surface area contributed by atoms with Crippen molar-refractivity contribution in [3.8, 4) is 28.7 Å². The molecule has 0 aliphatic carbocycles. The van der Waals surface area contributed by atoms with Crippen molar-refractivity contribution in [2.75, 3.05) is 156 Å². The fourth-order valence-electron chi connectivity index (χ4n) is 8.76. The van der Waals surface area contributed by atoms with Crippen molar-refractivity contribution in [2.24, 2.45) is 0 Å². The van der Waals surface area contributed by atoms with Crippen LogP contribution >= 0.6 is 105 Å². The molecule has 0 amide bonds. The second-order valence-corrected chi connectivity index (χ2v) is 23.9. The van der Waals surface area contributed by atoms with Crippen LogP contribution in [-0.4, -0.2) is 158 Å². The largest absolute Gasteiger partial charge is 0.497 e. The van der Waals surface area contributed by atoms with Gasteiger partial charge in [0.25, 0.3) is 0 Å². The summed E-state index contributed by atoms with van der Waals surface area (Å²) in [5.74, 6) is 12.1. The number of anilines is 14. The third-order valence-electron chi connectivity index (χ3n) is 14.5. The molecule has 0 aliphatic rings. The van der Waals surface area contributed by atoms with E-state index in [-0.39, 0.29) is 34.2 Å². The number of aliphatic hydroxyl groups is 1. The number of benzene rings is 5. The van der Waals surface area contributed by atoms with Crippen molar-refractivity contribution in [1.82, 2.24) is 49.8 Å². The molecule has 0 saturated heterocycles. The number of nitrogens with zero attached hydrogens (tertiary/aromatic N) is 14. The lowest BCUT2D eigenvalue weighted by molar-refractivity contribution is 0.287. The van der Waals surface area contributed by atoms with Gasteiger partial charge in [-0.05, 0) is 167 Å². The molecule has 26 nitrogen and oxygen atoms in total. The number of aliphatic hydroxyl groups excluding tert-OH is 1. The fourth-order valence-corrected chi connectivity index (χ4v) is 10.2.